The molecule has 46 valence electrons. The summed E-state index contributed by atoms with van der Waals surface area (Å²) in [6.07, 6.45) is 0. The molecule has 0 radical (unpaired) electrons. The van der Waals surface area contributed by atoms with Gasteiger partial charge in [0.1, 0.15) is 0 Å². The molecular formula is C5H12N3+. The highest BCUT2D eigenvalue weighted by molar-refractivity contribution is 5.68. The normalized spacial score (nSPS) is 8.38. The minimum Gasteiger partial charge on any atom is -0.267 e. The van der Waals surface area contributed by atoms with Crippen molar-refractivity contribution in [3.63, 3.8) is 0 Å². The minimum absolute atomic E-state index is 0.407. The highest BCUT2D eigenvalue weighted by Gasteiger charge is 2.04. The summed E-state index contributed by atoms with van der Waals surface area (Å²) < 4.78 is 1.50. The van der Waals surface area contributed by atoms with Crippen LogP contribution in [0.1, 0.15) is 0 Å². The first kappa shape index (κ1) is 7.14. The lowest BCUT2D eigenvalue weighted by atomic mass is 10.8. The topological polar surface area (TPSA) is 30.1 Å². The third-order valence-corrected chi connectivity index (χ3v) is 0.785. The maximum Gasteiger partial charge on any atom is 0.384 e. The molecule has 0 aromatic carbocycles. The summed E-state index contributed by atoms with van der Waals surface area (Å²) in [5.74, 6) is 0.407. The number of hydrogen-bond acceptors (Lipinski definition) is 1. The van der Waals surface area contributed by atoms with E-state index < -0.39 is 0 Å². The molecule has 0 aromatic rings. The summed E-state index contributed by atoms with van der Waals surface area (Å²) in [6.45, 7) is 3.53. The van der Waals surface area contributed by atoms with E-state index in [-0.39, 0.29) is 0 Å². The zero-order valence-electron chi connectivity index (χ0n) is 5.60. The van der Waals surface area contributed by atoms with Crippen LogP contribution < -0.4 is 0 Å². The van der Waals surface area contributed by atoms with Crippen LogP contribution in [0.25, 0.3) is 0 Å². The fourth-order valence-corrected chi connectivity index (χ4v) is 0.341. The number of rotatable bonds is 0. The summed E-state index contributed by atoms with van der Waals surface area (Å²) in [5.41, 5.74) is 0. The second-order valence-electron chi connectivity index (χ2n) is 1.92. The van der Waals surface area contributed by atoms with Crippen LogP contribution >= 0.6 is 0 Å². The predicted octanol–water partition coefficient (Wildman–Crippen LogP) is -0.174. The molecule has 8 heavy (non-hydrogen) atoms. The van der Waals surface area contributed by atoms with E-state index in [1.54, 1.807) is 11.9 Å². The number of guanidine groups is 1. The standard InChI is InChI=1S/C5H12N3/c1-7(2)5(6)8(3)4/h6H,1H2,2-4H3/q+1. The van der Waals surface area contributed by atoms with Crippen LogP contribution in [0.15, 0.2) is 0 Å². The lowest BCUT2D eigenvalue weighted by Crippen LogP contribution is -2.29. The van der Waals surface area contributed by atoms with E-state index in [0.29, 0.717) is 5.96 Å². The van der Waals surface area contributed by atoms with Gasteiger partial charge < -0.3 is 0 Å². The third-order valence-electron chi connectivity index (χ3n) is 0.785. The average molecular weight is 114 g/mol. The van der Waals surface area contributed by atoms with Crippen LogP contribution in [0.3, 0.4) is 0 Å². The van der Waals surface area contributed by atoms with Crippen molar-refractivity contribution in [3.05, 3.63) is 0 Å². The third kappa shape index (κ3) is 1.73. The fourth-order valence-electron chi connectivity index (χ4n) is 0.341. The van der Waals surface area contributed by atoms with Gasteiger partial charge in [0.2, 0.25) is 0 Å². The Balaban J connectivity index is 3.84. The summed E-state index contributed by atoms with van der Waals surface area (Å²) in [6, 6.07) is 0. The number of nitrogens with zero attached hydrogens (tertiary/aromatic N) is 2. The van der Waals surface area contributed by atoms with Crippen LogP contribution in [0.4, 0.5) is 0 Å². The SMILES string of the molecule is C=[N+](C)C(=N)N(C)C. The highest BCUT2D eigenvalue weighted by Crippen LogP contribution is 1.75. The van der Waals surface area contributed by atoms with Gasteiger partial charge in [0, 0.05) is 6.72 Å². The molecule has 3 nitrogen and oxygen atoms in total. The van der Waals surface area contributed by atoms with Crippen molar-refractivity contribution in [2.75, 3.05) is 21.1 Å². The molecule has 0 unspecified atom stereocenters. The van der Waals surface area contributed by atoms with Crippen LogP contribution in [0.2, 0.25) is 0 Å². The van der Waals surface area contributed by atoms with E-state index in [0.717, 1.165) is 0 Å². The first-order chi connectivity index (χ1) is 3.55. The van der Waals surface area contributed by atoms with Crippen molar-refractivity contribution in [1.29, 1.82) is 5.41 Å². The minimum atomic E-state index is 0.407. The molecular weight excluding hydrogens is 102 g/mol. The van der Waals surface area contributed by atoms with Gasteiger partial charge in [0.25, 0.3) is 0 Å². The molecule has 0 heterocycles. The molecule has 1 N–H and O–H groups in total. The van der Waals surface area contributed by atoms with E-state index in [2.05, 4.69) is 6.72 Å². The molecule has 0 amide bonds. The molecule has 0 saturated carbocycles. The molecule has 0 rings (SSSR count). The van der Waals surface area contributed by atoms with E-state index in [4.69, 9.17) is 5.41 Å². The zero-order chi connectivity index (χ0) is 6.73. The van der Waals surface area contributed by atoms with E-state index >= 15 is 0 Å². The van der Waals surface area contributed by atoms with E-state index in [1.165, 1.54) is 4.58 Å². The van der Waals surface area contributed by atoms with Crippen molar-refractivity contribution < 1.29 is 4.58 Å². The Morgan fingerprint density at radius 3 is 2.00 bits per heavy atom. The lowest BCUT2D eigenvalue weighted by molar-refractivity contribution is -0.374. The van der Waals surface area contributed by atoms with Crippen molar-refractivity contribution in [2.45, 2.75) is 0 Å². The Morgan fingerprint density at radius 2 is 2.00 bits per heavy atom. The van der Waals surface area contributed by atoms with Crippen molar-refractivity contribution >= 4 is 12.7 Å². The first-order valence-corrected chi connectivity index (χ1v) is 2.36. The maximum atomic E-state index is 7.19. The highest BCUT2D eigenvalue weighted by atomic mass is 15.3. The van der Waals surface area contributed by atoms with Gasteiger partial charge in [-0.05, 0) is 0 Å². The lowest BCUT2D eigenvalue weighted by Gasteiger charge is -2.04. The predicted molar refractivity (Wildman–Crippen MR) is 34.7 cm³/mol. The van der Waals surface area contributed by atoms with Crippen molar-refractivity contribution in [2.24, 2.45) is 0 Å². The first-order valence-electron chi connectivity index (χ1n) is 2.36. The molecule has 0 aliphatic carbocycles. The average Bonchev–Trinajstić information content (AvgIpc) is 1.64. The van der Waals surface area contributed by atoms with Gasteiger partial charge >= 0.3 is 5.96 Å². The Morgan fingerprint density at radius 1 is 1.62 bits per heavy atom. The summed E-state index contributed by atoms with van der Waals surface area (Å²) in [5, 5.41) is 7.19. The summed E-state index contributed by atoms with van der Waals surface area (Å²) >= 11 is 0. The van der Waals surface area contributed by atoms with Gasteiger partial charge in [0.15, 0.2) is 0 Å². The Hall–Kier alpha value is -0.860. The van der Waals surface area contributed by atoms with E-state index in [1.807, 2.05) is 14.1 Å². The Kier molecular flexibility index (Phi) is 2.19. The molecule has 0 aliphatic heterocycles. The van der Waals surface area contributed by atoms with Gasteiger partial charge in [-0.15, -0.1) is 5.41 Å². The molecule has 0 aromatic heterocycles. The van der Waals surface area contributed by atoms with E-state index in [9.17, 15) is 0 Å². The zero-order valence-corrected chi connectivity index (χ0v) is 5.60. The van der Waals surface area contributed by atoms with Crippen LogP contribution in [-0.2, 0) is 0 Å². The largest absolute Gasteiger partial charge is 0.384 e. The van der Waals surface area contributed by atoms with Crippen LogP contribution in [0.5, 0.6) is 0 Å². The molecule has 3 heteroatoms. The molecule has 0 saturated heterocycles. The molecule has 0 spiro atoms. The van der Waals surface area contributed by atoms with Crippen molar-refractivity contribution in [3.8, 4) is 0 Å². The Labute approximate surface area is 49.7 Å². The van der Waals surface area contributed by atoms with Gasteiger partial charge in [-0.1, -0.05) is 0 Å². The quantitative estimate of drug-likeness (QED) is 0.264. The molecule has 0 aliphatic rings. The molecule has 0 atom stereocenters. The fraction of sp³-hybridized carbons (Fsp3) is 0.600. The smallest absolute Gasteiger partial charge is 0.267 e. The van der Waals surface area contributed by atoms with Crippen LogP contribution in [0, 0.1) is 5.41 Å². The monoisotopic (exact) mass is 114 g/mol. The van der Waals surface area contributed by atoms with Gasteiger partial charge in [-0.3, -0.25) is 4.90 Å². The summed E-state index contributed by atoms with van der Waals surface area (Å²) in [7, 11) is 5.36. The number of hydrogen-bond donors (Lipinski definition) is 1. The molecule has 0 fully saturated rings. The van der Waals surface area contributed by atoms with Crippen molar-refractivity contribution in [1.82, 2.24) is 4.90 Å². The second-order valence-corrected chi connectivity index (χ2v) is 1.92. The molecule has 0 bridgehead atoms. The Bertz CT molecular complexity index is 115. The second kappa shape index (κ2) is 2.45. The number of nitrogens with one attached hydrogen (secondary N) is 1. The van der Waals surface area contributed by atoms with Gasteiger partial charge in [0.05, 0.1) is 21.1 Å². The maximum absolute atomic E-state index is 7.19. The summed E-state index contributed by atoms with van der Waals surface area (Å²) in [4.78, 5) is 1.69. The van der Waals surface area contributed by atoms with Gasteiger partial charge in [-0.25, -0.2) is 4.58 Å². The van der Waals surface area contributed by atoms with Crippen LogP contribution in [-0.4, -0.2) is 43.3 Å². The van der Waals surface area contributed by atoms with Gasteiger partial charge in [-0.2, -0.15) is 0 Å².